The van der Waals surface area contributed by atoms with Crippen molar-refractivity contribution < 1.29 is 9.84 Å². The van der Waals surface area contributed by atoms with Crippen LogP contribution in [-0.2, 0) is 4.74 Å². The maximum Gasteiger partial charge on any atom is 0.0603 e. The molecule has 0 radical (unpaired) electrons. The van der Waals surface area contributed by atoms with Gasteiger partial charge in [-0.15, -0.1) is 11.8 Å². The van der Waals surface area contributed by atoms with Crippen LogP contribution >= 0.6 is 0 Å². The van der Waals surface area contributed by atoms with Crippen molar-refractivity contribution in [2.24, 2.45) is 17.8 Å². The van der Waals surface area contributed by atoms with E-state index in [0.717, 1.165) is 25.4 Å². The highest BCUT2D eigenvalue weighted by molar-refractivity contribution is 5.02. The first-order valence-electron chi connectivity index (χ1n) is 6.98. The summed E-state index contributed by atoms with van der Waals surface area (Å²) in [4.78, 5) is 0. The first-order chi connectivity index (χ1) is 8.33. The molecule has 0 bridgehead atoms. The van der Waals surface area contributed by atoms with Gasteiger partial charge in [0.05, 0.1) is 12.7 Å². The third-order valence-electron chi connectivity index (χ3n) is 4.31. The number of aliphatic hydroxyl groups is 1. The quantitative estimate of drug-likeness (QED) is 0.747. The van der Waals surface area contributed by atoms with Crippen LogP contribution in [-0.4, -0.2) is 24.4 Å². The Hall–Kier alpha value is -0.520. The largest absolute Gasteiger partial charge is 0.396 e. The van der Waals surface area contributed by atoms with E-state index in [2.05, 4.69) is 11.8 Å². The molecule has 0 aromatic heterocycles. The van der Waals surface area contributed by atoms with Gasteiger partial charge in [0.15, 0.2) is 0 Å². The van der Waals surface area contributed by atoms with Gasteiger partial charge in [0.1, 0.15) is 0 Å². The normalized spacial score (nSPS) is 38.2. The molecule has 96 valence electrons. The van der Waals surface area contributed by atoms with Crippen molar-refractivity contribution in [2.75, 3.05) is 13.2 Å². The highest BCUT2D eigenvalue weighted by Crippen LogP contribution is 2.35. The van der Waals surface area contributed by atoms with Crippen LogP contribution in [0.1, 0.15) is 45.4 Å². The predicted molar refractivity (Wildman–Crippen MR) is 68.4 cm³/mol. The van der Waals surface area contributed by atoms with Crippen molar-refractivity contribution in [3.05, 3.63) is 0 Å². The molecule has 1 saturated heterocycles. The zero-order valence-corrected chi connectivity index (χ0v) is 10.8. The van der Waals surface area contributed by atoms with Gasteiger partial charge in [0.25, 0.3) is 0 Å². The van der Waals surface area contributed by atoms with E-state index >= 15 is 0 Å². The number of aliphatic hydroxyl groups excluding tert-OH is 1. The highest BCUT2D eigenvalue weighted by Gasteiger charge is 2.30. The van der Waals surface area contributed by atoms with Gasteiger partial charge in [-0.3, -0.25) is 0 Å². The van der Waals surface area contributed by atoms with Gasteiger partial charge in [-0.05, 0) is 51.4 Å². The second-order valence-corrected chi connectivity index (χ2v) is 5.50. The summed E-state index contributed by atoms with van der Waals surface area (Å²) in [6.07, 6.45) is 7.76. The molecule has 1 heterocycles. The third kappa shape index (κ3) is 3.47. The van der Waals surface area contributed by atoms with Crippen molar-refractivity contribution in [1.29, 1.82) is 0 Å². The third-order valence-corrected chi connectivity index (χ3v) is 4.31. The molecule has 2 fully saturated rings. The highest BCUT2D eigenvalue weighted by atomic mass is 16.5. The van der Waals surface area contributed by atoms with Crippen molar-refractivity contribution >= 4 is 0 Å². The minimum absolute atomic E-state index is 0.283. The van der Waals surface area contributed by atoms with E-state index in [4.69, 9.17) is 9.84 Å². The van der Waals surface area contributed by atoms with Gasteiger partial charge in [0, 0.05) is 18.4 Å². The number of hydrogen-bond acceptors (Lipinski definition) is 2. The summed E-state index contributed by atoms with van der Waals surface area (Å²) in [5.41, 5.74) is 0. The van der Waals surface area contributed by atoms with Crippen LogP contribution in [0.25, 0.3) is 0 Å². The van der Waals surface area contributed by atoms with Gasteiger partial charge in [-0.2, -0.15) is 0 Å². The van der Waals surface area contributed by atoms with Crippen LogP contribution in [0, 0.1) is 29.6 Å². The minimum Gasteiger partial charge on any atom is -0.396 e. The monoisotopic (exact) mass is 236 g/mol. The van der Waals surface area contributed by atoms with E-state index in [0.29, 0.717) is 17.9 Å². The Morgan fingerprint density at radius 3 is 2.41 bits per heavy atom. The Balaban J connectivity index is 1.75. The Bertz CT molecular complexity index is 273. The molecule has 2 aliphatic rings. The molecule has 1 aliphatic carbocycles. The fourth-order valence-corrected chi connectivity index (χ4v) is 3.18. The van der Waals surface area contributed by atoms with Gasteiger partial charge < -0.3 is 9.84 Å². The molecule has 0 amide bonds. The van der Waals surface area contributed by atoms with E-state index < -0.39 is 0 Å². The molecule has 1 saturated carbocycles. The Labute approximate surface area is 105 Å². The number of ether oxygens (including phenoxy) is 1. The second kappa shape index (κ2) is 6.42. The zero-order chi connectivity index (χ0) is 12.1. The molecule has 2 nitrogen and oxygen atoms in total. The first kappa shape index (κ1) is 12.9. The molecule has 0 aromatic rings. The Morgan fingerprint density at radius 2 is 1.88 bits per heavy atom. The standard InChI is InChI=1S/C15H24O2/c1-2-3-12-4-7-14(8-5-12)15-9-6-13(10-16)11-17-15/h12-16H,4-11H2,1H3. The average Bonchev–Trinajstić information content (AvgIpc) is 2.40. The SMILES string of the molecule is CC#CC1CCC(C2CCC(CO)CO2)CC1. The molecule has 1 N–H and O–H groups in total. The lowest BCUT2D eigenvalue weighted by atomic mass is 9.77. The van der Waals surface area contributed by atoms with Crippen LogP contribution < -0.4 is 0 Å². The van der Waals surface area contributed by atoms with Gasteiger partial charge >= 0.3 is 0 Å². The van der Waals surface area contributed by atoms with Crippen LogP contribution in [0.3, 0.4) is 0 Å². The lowest BCUT2D eigenvalue weighted by Gasteiger charge is -2.36. The Morgan fingerprint density at radius 1 is 1.12 bits per heavy atom. The maximum atomic E-state index is 9.09. The molecule has 2 unspecified atom stereocenters. The van der Waals surface area contributed by atoms with Crippen molar-refractivity contribution in [1.82, 2.24) is 0 Å². The molecular weight excluding hydrogens is 212 g/mol. The maximum absolute atomic E-state index is 9.09. The van der Waals surface area contributed by atoms with Crippen molar-refractivity contribution in [3.63, 3.8) is 0 Å². The molecular formula is C15H24O2. The zero-order valence-electron chi connectivity index (χ0n) is 10.8. The van der Waals surface area contributed by atoms with Gasteiger partial charge in [-0.1, -0.05) is 0 Å². The first-order valence-corrected chi connectivity index (χ1v) is 6.98. The van der Waals surface area contributed by atoms with Gasteiger partial charge in [-0.25, -0.2) is 0 Å². The fraction of sp³-hybridized carbons (Fsp3) is 0.867. The molecule has 2 atom stereocenters. The molecule has 0 spiro atoms. The summed E-state index contributed by atoms with van der Waals surface area (Å²) < 4.78 is 5.92. The number of hydrogen-bond donors (Lipinski definition) is 1. The molecule has 1 aliphatic heterocycles. The lowest BCUT2D eigenvalue weighted by molar-refractivity contribution is -0.0659. The van der Waals surface area contributed by atoms with E-state index in [-0.39, 0.29) is 6.61 Å². The Kier molecular flexibility index (Phi) is 4.88. The van der Waals surface area contributed by atoms with E-state index in [9.17, 15) is 0 Å². The molecule has 17 heavy (non-hydrogen) atoms. The lowest BCUT2D eigenvalue weighted by Crippen LogP contribution is -2.35. The van der Waals surface area contributed by atoms with Crippen LogP contribution in [0.15, 0.2) is 0 Å². The van der Waals surface area contributed by atoms with Crippen molar-refractivity contribution in [3.8, 4) is 11.8 Å². The summed E-state index contributed by atoms with van der Waals surface area (Å²) in [7, 11) is 0. The average molecular weight is 236 g/mol. The van der Waals surface area contributed by atoms with Gasteiger partial charge in [0.2, 0.25) is 0 Å². The van der Waals surface area contributed by atoms with Crippen LogP contribution in [0.4, 0.5) is 0 Å². The summed E-state index contributed by atoms with van der Waals surface area (Å²) in [5, 5.41) is 9.09. The fourth-order valence-electron chi connectivity index (χ4n) is 3.18. The second-order valence-electron chi connectivity index (χ2n) is 5.50. The molecule has 2 rings (SSSR count). The minimum atomic E-state index is 0.283. The summed E-state index contributed by atoms with van der Waals surface area (Å²) >= 11 is 0. The molecule has 2 heteroatoms. The summed E-state index contributed by atoms with van der Waals surface area (Å²) in [6, 6.07) is 0. The summed E-state index contributed by atoms with van der Waals surface area (Å²) in [6.45, 7) is 2.98. The van der Waals surface area contributed by atoms with E-state index in [1.54, 1.807) is 0 Å². The topological polar surface area (TPSA) is 29.5 Å². The van der Waals surface area contributed by atoms with E-state index in [1.807, 2.05) is 6.92 Å². The smallest absolute Gasteiger partial charge is 0.0603 e. The predicted octanol–water partition coefficient (Wildman–Crippen LogP) is 2.60. The summed E-state index contributed by atoms with van der Waals surface area (Å²) in [5.74, 6) is 8.09. The molecule has 0 aromatic carbocycles. The van der Waals surface area contributed by atoms with E-state index in [1.165, 1.54) is 25.7 Å². The van der Waals surface area contributed by atoms with Crippen LogP contribution in [0.2, 0.25) is 0 Å². The van der Waals surface area contributed by atoms with Crippen molar-refractivity contribution in [2.45, 2.75) is 51.6 Å². The number of rotatable bonds is 2. The van der Waals surface area contributed by atoms with Crippen LogP contribution in [0.5, 0.6) is 0 Å².